The van der Waals surface area contributed by atoms with Crippen LogP contribution < -0.4 is 5.73 Å². The first-order valence-electron chi connectivity index (χ1n) is 3.96. The van der Waals surface area contributed by atoms with Crippen molar-refractivity contribution in [2.24, 2.45) is 5.73 Å². The molecule has 80 valence electrons. The SMILES string of the molecule is CC(O)C(=O)OCCC(C)(C)N.[GeH4]. The zero-order valence-electron chi connectivity index (χ0n) is 7.83. The van der Waals surface area contributed by atoms with Crippen LogP contribution in [0.4, 0.5) is 0 Å². The molecule has 0 heterocycles. The molecule has 1 atom stereocenters. The zero-order chi connectivity index (χ0) is 9.78. The first-order chi connectivity index (χ1) is 5.33. The van der Waals surface area contributed by atoms with E-state index >= 15 is 0 Å². The Kier molecular flexibility index (Phi) is 7.58. The molecule has 0 fully saturated rings. The standard InChI is InChI=1S/C8H17NO3.GeH4/c1-6(10)7(11)12-5-4-8(2,3)9;/h6,10H,4-5,9H2,1-3H3;1H4. The summed E-state index contributed by atoms with van der Waals surface area (Å²) >= 11 is 0. The molecule has 4 nitrogen and oxygen atoms in total. The molecule has 0 radical (unpaired) electrons. The minimum atomic E-state index is -1.05. The van der Waals surface area contributed by atoms with Gasteiger partial charge in [0.05, 0.1) is 6.61 Å². The molecule has 0 aromatic rings. The Balaban J connectivity index is 0. The predicted molar refractivity (Wildman–Crippen MR) is 56.9 cm³/mol. The van der Waals surface area contributed by atoms with E-state index in [0.29, 0.717) is 6.42 Å². The van der Waals surface area contributed by atoms with Crippen LogP contribution in [-0.2, 0) is 9.53 Å². The molecule has 1 unspecified atom stereocenters. The summed E-state index contributed by atoms with van der Waals surface area (Å²) in [5, 5.41) is 8.74. The molecule has 5 heteroatoms. The number of hydrogen-bond acceptors (Lipinski definition) is 4. The average Bonchev–Trinajstić information content (AvgIpc) is 1.84. The molecule has 0 saturated heterocycles. The first kappa shape index (κ1) is 15.4. The van der Waals surface area contributed by atoms with E-state index in [1.165, 1.54) is 6.92 Å². The van der Waals surface area contributed by atoms with Crippen molar-refractivity contribution in [3.63, 3.8) is 0 Å². The molecule has 0 amide bonds. The zero-order valence-corrected chi connectivity index (χ0v) is 7.83. The van der Waals surface area contributed by atoms with Crippen LogP contribution in [0.5, 0.6) is 0 Å². The second-order valence-corrected chi connectivity index (χ2v) is 3.58. The van der Waals surface area contributed by atoms with Crippen molar-refractivity contribution in [2.75, 3.05) is 6.61 Å². The quantitative estimate of drug-likeness (QED) is 0.476. The fraction of sp³-hybridized carbons (Fsp3) is 0.875. The number of carbonyl (C=O) groups excluding carboxylic acids is 1. The van der Waals surface area contributed by atoms with Crippen molar-refractivity contribution in [3.8, 4) is 0 Å². The Morgan fingerprint density at radius 3 is 2.38 bits per heavy atom. The van der Waals surface area contributed by atoms with Gasteiger partial charge in [-0.2, -0.15) is 0 Å². The molecule has 0 bridgehead atoms. The van der Waals surface area contributed by atoms with Crippen molar-refractivity contribution in [1.82, 2.24) is 0 Å². The van der Waals surface area contributed by atoms with Crippen LogP contribution >= 0.6 is 0 Å². The molecule has 0 spiro atoms. The Morgan fingerprint density at radius 2 is 2.08 bits per heavy atom. The molecule has 0 rings (SSSR count). The van der Waals surface area contributed by atoms with Crippen molar-refractivity contribution in [3.05, 3.63) is 0 Å². The van der Waals surface area contributed by atoms with Crippen molar-refractivity contribution >= 4 is 23.6 Å². The Hall–Kier alpha value is -0.0671. The number of hydrogen-bond donors (Lipinski definition) is 2. The van der Waals surface area contributed by atoms with Crippen LogP contribution in [-0.4, -0.2) is 46.9 Å². The molecular formula is C8H21GeNO3. The van der Waals surface area contributed by atoms with Crippen molar-refractivity contribution < 1.29 is 14.6 Å². The van der Waals surface area contributed by atoms with Gasteiger partial charge in [0.25, 0.3) is 0 Å². The van der Waals surface area contributed by atoms with Gasteiger partial charge >= 0.3 is 23.6 Å². The topological polar surface area (TPSA) is 72.5 Å². The number of aliphatic hydroxyl groups is 1. The minimum absolute atomic E-state index is 0. The number of carbonyl (C=O) groups is 1. The summed E-state index contributed by atoms with van der Waals surface area (Å²) in [6.45, 7) is 5.33. The summed E-state index contributed by atoms with van der Waals surface area (Å²) < 4.78 is 4.71. The molecule has 3 N–H and O–H groups in total. The Bertz CT molecular complexity index is 154. The second-order valence-electron chi connectivity index (χ2n) is 3.58. The van der Waals surface area contributed by atoms with E-state index in [4.69, 9.17) is 15.6 Å². The van der Waals surface area contributed by atoms with Crippen LogP contribution in [0.3, 0.4) is 0 Å². The molecule has 13 heavy (non-hydrogen) atoms. The fourth-order valence-electron chi connectivity index (χ4n) is 0.535. The van der Waals surface area contributed by atoms with Gasteiger partial charge in [0.2, 0.25) is 0 Å². The molecule has 0 aliphatic rings. The van der Waals surface area contributed by atoms with E-state index < -0.39 is 12.1 Å². The van der Waals surface area contributed by atoms with Crippen LogP contribution in [0.15, 0.2) is 0 Å². The van der Waals surface area contributed by atoms with Crippen LogP contribution in [0.2, 0.25) is 0 Å². The fourth-order valence-corrected chi connectivity index (χ4v) is 0.535. The van der Waals surface area contributed by atoms with Crippen molar-refractivity contribution in [1.29, 1.82) is 0 Å². The number of ether oxygens (including phenoxy) is 1. The van der Waals surface area contributed by atoms with Gasteiger partial charge in [-0.1, -0.05) is 0 Å². The normalized spacial score (nSPS) is 13.0. The average molecular weight is 252 g/mol. The summed E-state index contributed by atoms with van der Waals surface area (Å²) in [5.74, 6) is -0.598. The van der Waals surface area contributed by atoms with E-state index in [1.807, 2.05) is 13.8 Å². The Labute approximate surface area is 89.8 Å². The Morgan fingerprint density at radius 1 is 1.62 bits per heavy atom. The van der Waals surface area contributed by atoms with E-state index in [-0.39, 0.29) is 29.7 Å². The van der Waals surface area contributed by atoms with Crippen molar-refractivity contribution in [2.45, 2.75) is 38.8 Å². The summed E-state index contributed by atoms with van der Waals surface area (Å²) in [4.78, 5) is 10.7. The number of aliphatic hydroxyl groups excluding tert-OH is 1. The third-order valence-corrected chi connectivity index (χ3v) is 1.33. The van der Waals surface area contributed by atoms with Gasteiger partial charge in [0.1, 0.15) is 6.10 Å². The summed E-state index contributed by atoms with van der Waals surface area (Å²) in [6.07, 6.45) is -0.461. The van der Waals surface area contributed by atoms with Crippen LogP contribution in [0.1, 0.15) is 27.2 Å². The molecule has 0 aliphatic heterocycles. The van der Waals surface area contributed by atoms with E-state index in [0.717, 1.165) is 0 Å². The number of nitrogens with two attached hydrogens (primary N) is 1. The summed E-state index contributed by atoms with van der Waals surface area (Å²) in [6, 6.07) is 0. The van der Waals surface area contributed by atoms with Gasteiger partial charge < -0.3 is 15.6 Å². The summed E-state index contributed by atoms with van der Waals surface area (Å²) in [5.41, 5.74) is 5.31. The van der Waals surface area contributed by atoms with Gasteiger partial charge in [-0.25, -0.2) is 4.79 Å². The van der Waals surface area contributed by atoms with Gasteiger partial charge in [-0.15, -0.1) is 0 Å². The van der Waals surface area contributed by atoms with Crippen LogP contribution in [0.25, 0.3) is 0 Å². The molecule has 0 aromatic carbocycles. The molecule has 0 saturated carbocycles. The molecular weight excluding hydrogens is 231 g/mol. The van der Waals surface area contributed by atoms with Gasteiger partial charge in [0, 0.05) is 5.54 Å². The van der Waals surface area contributed by atoms with Gasteiger partial charge in [0.15, 0.2) is 0 Å². The monoisotopic (exact) mass is 253 g/mol. The molecule has 0 aliphatic carbocycles. The molecule has 0 aromatic heterocycles. The number of rotatable bonds is 4. The predicted octanol–water partition coefficient (Wildman–Crippen LogP) is -1.41. The van der Waals surface area contributed by atoms with E-state index in [1.54, 1.807) is 0 Å². The maximum absolute atomic E-state index is 10.7. The number of esters is 1. The van der Waals surface area contributed by atoms with Crippen LogP contribution in [0, 0.1) is 0 Å². The van der Waals surface area contributed by atoms with E-state index in [2.05, 4.69) is 0 Å². The maximum atomic E-state index is 10.7. The van der Waals surface area contributed by atoms with Gasteiger partial charge in [-0.05, 0) is 27.2 Å². The summed E-state index contributed by atoms with van der Waals surface area (Å²) in [7, 11) is 0. The van der Waals surface area contributed by atoms with Gasteiger partial charge in [-0.3, -0.25) is 0 Å². The second kappa shape index (κ2) is 6.40. The third kappa shape index (κ3) is 9.85. The first-order valence-corrected chi connectivity index (χ1v) is 3.96. The van der Waals surface area contributed by atoms with E-state index in [9.17, 15) is 4.79 Å². The third-order valence-electron chi connectivity index (χ3n) is 1.33.